The summed E-state index contributed by atoms with van der Waals surface area (Å²) in [6, 6.07) is 5.30. The van der Waals surface area contributed by atoms with E-state index in [9.17, 15) is 13.6 Å². The van der Waals surface area contributed by atoms with Crippen molar-refractivity contribution in [1.82, 2.24) is 0 Å². The van der Waals surface area contributed by atoms with Crippen LogP contribution < -0.4 is 0 Å². The molecule has 1 atom stereocenters. The van der Waals surface area contributed by atoms with E-state index in [1.807, 2.05) is 13.0 Å². The molecule has 18 heavy (non-hydrogen) atoms. The number of hydrogen-bond acceptors (Lipinski definition) is 3. The lowest BCUT2D eigenvalue weighted by Crippen LogP contribution is -2.05. The Morgan fingerprint density at radius 1 is 1.44 bits per heavy atom. The van der Waals surface area contributed by atoms with Crippen molar-refractivity contribution in [1.29, 1.82) is 0 Å². The van der Waals surface area contributed by atoms with Crippen molar-refractivity contribution in [3.8, 4) is 0 Å². The second kappa shape index (κ2) is 7.28. The summed E-state index contributed by atoms with van der Waals surface area (Å²) in [5.41, 5.74) is 1.82. The molecule has 0 aliphatic heterocycles. The van der Waals surface area contributed by atoms with E-state index >= 15 is 0 Å². The van der Waals surface area contributed by atoms with Crippen molar-refractivity contribution in [2.24, 2.45) is 0 Å². The second-order valence-corrected chi connectivity index (χ2v) is 4.90. The summed E-state index contributed by atoms with van der Waals surface area (Å²) in [6.45, 7) is 4.05. The van der Waals surface area contributed by atoms with Crippen LogP contribution in [0.25, 0.3) is 0 Å². The topological polar surface area (TPSA) is 63.6 Å². The highest BCUT2D eigenvalue weighted by atomic mass is 32.2. The van der Waals surface area contributed by atoms with E-state index in [0.717, 1.165) is 11.1 Å². The molecule has 100 valence electrons. The number of aryl methyl sites for hydroxylation is 1. The summed E-state index contributed by atoms with van der Waals surface area (Å²) in [4.78, 5) is 11.6. The van der Waals surface area contributed by atoms with Crippen LogP contribution in [0.1, 0.15) is 30.9 Å². The lowest BCUT2D eigenvalue weighted by Gasteiger charge is -2.09. The van der Waals surface area contributed by atoms with Crippen molar-refractivity contribution in [3.05, 3.63) is 29.3 Å². The zero-order chi connectivity index (χ0) is 13.5. The molecule has 0 fully saturated rings. The first-order valence-electron chi connectivity index (χ1n) is 5.91. The number of carbonyl (C=O) groups is 1. The zero-order valence-corrected chi connectivity index (χ0v) is 11.5. The third-order valence-corrected chi connectivity index (χ3v) is 3.43. The van der Waals surface area contributed by atoms with Crippen molar-refractivity contribution < 1.29 is 18.3 Å². The predicted octanol–water partition coefficient (Wildman–Crippen LogP) is 2.46. The summed E-state index contributed by atoms with van der Waals surface area (Å²) >= 11 is -1.98. The molecule has 0 aromatic heterocycles. The molecule has 4 nitrogen and oxygen atoms in total. The minimum absolute atomic E-state index is 0.224. The summed E-state index contributed by atoms with van der Waals surface area (Å²) in [5.74, 6) is -0.224. The lowest BCUT2D eigenvalue weighted by atomic mass is 10.0. The minimum atomic E-state index is -1.98. The van der Waals surface area contributed by atoms with Crippen LogP contribution in [0.4, 0.5) is 0 Å². The molecule has 5 heteroatoms. The smallest absolute Gasteiger partial charge is 0.305 e. The Labute approximate surface area is 110 Å². The molecular weight excluding hydrogens is 252 g/mol. The highest BCUT2D eigenvalue weighted by molar-refractivity contribution is 7.79. The largest absolute Gasteiger partial charge is 0.466 e. The van der Waals surface area contributed by atoms with Crippen LogP contribution in [0.15, 0.2) is 23.1 Å². The van der Waals surface area contributed by atoms with Crippen molar-refractivity contribution in [2.75, 3.05) is 6.61 Å². The van der Waals surface area contributed by atoms with E-state index in [4.69, 9.17) is 4.74 Å². The number of ether oxygens (including phenoxy) is 1. The van der Waals surface area contributed by atoms with Gasteiger partial charge in [0.2, 0.25) is 0 Å². The number of benzene rings is 1. The van der Waals surface area contributed by atoms with E-state index in [1.54, 1.807) is 19.1 Å². The summed E-state index contributed by atoms with van der Waals surface area (Å²) < 4.78 is 25.2. The first-order valence-corrected chi connectivity index (χ1v) is 7.02. The molecule has 0 radical (unpaired) electrons. The molecule has 1 aromatic carbocycles. The van der Waals surface area contributed by atoms with Gasteiger partial charge in [-0.05, 0) is 43.9 Å². The number of rotatable bonds is 6. The Morgan fingerprint density at radius 2 is 2.17 bits per heavy atom. The van der Waals surface area contributed by atoms with Crippen LogP contribution in [-0.4, -0.2) is 21.3 Å². The fourth-order valence-electron chi connectivity index (χ4n) is 1.80. The van der Waals surface area contributed by atoms with E-state index in [2.05, 4.69) is 0 Å². The third kappa shape index (κ3) is 4.23. The lowest BCUT2D eigenvalue weighted by molar-refractivity contribution is -0.143. The van der Waals surface area contributed by atoms with Crippen molar-refractivity contribution >= 4 is 17.0 Å². The van der Waals surface area contributed by atoms with Crippen LogP contribution in [-0.2, 0) is 27.0 Å². The highest BCUT2D eigenvalue weighted by Gasteiger charge is 2.11. The maximum absolute atomic E-state index is 11.2. The Hall–Kier alpha value is -1.20. The number of hydrogen-bond donors (Lipinski definition) is 1. The van der Waals surface area contributed by atoms with E-state index < -0.39 is 11.1 Å². The van der Waals surface area contributed by atoms with Gasteiger partial charge >= 0.3 is 5.97 Å². The van der Waals surface area contributed by atoms with Gasteiger partial charge in [-0.25, -0.2) is 4.21 Å². The Kier molecular flexibility index (Phi) is 6.01. The molecule has 0 heterocycles. The molecule has 0 aliphatic carbocycles. The maximum Gasteiger partial charge on any atom is 0.305 e. The summed E-state index contributed by atoms with van der Waals surface area (Å²) in [6.07, 6.45) is 1.56. The molecule has 0 amide bonds. The Bertz CT molecular complexity index is 443. The molecule has 0 aliphatic rings. The SMILES string of the molecule is CCOC(=O)CCCc1c(C)cccc1S(=O)O. The first-order chi connectivity index (χ1) is 8.56. The average Bonchev–Trinajstić information content (AvgIpc) is 2.31. The Balaban J connectivity index is 2.67. The molecule has 1 aromatic rings. The minimum Gasteiger partial charge on any atom is -0.466 e. The standard InChI is InChI=1S/C13H18O4S/c1-3-17-13(14)9-5-7-11-10(2)6-4-8-12(11)18(15)16/h4,6,8H,3,5,7,9H2,1-2H3,(H,15,16). The van der Waals surface area contributed by atoms with Crippen LogP contribution in [0.3, 0.4) is 0 Å². The van der Waals surface area contributed by atoms with Gasteiger partial charge in [0.05, 0.1) is 11.5 Å². The molecule has 0 saturated heterocycles. The fraction of sp³-hybridized carbons (Fsp3) is 0.462. The van der Waals surface area contributed by atoms with Crippen LogP contribution in [0.5, 0.6) is 0 Å². The van der Waals surface area contributed by atoms with Gasteiger partial charge in [-0.3, -0.25) is 4.79 Å². The van der Waals surface area contributed by atoms with Gasteiger partial charge in [0.25, 0.3) is 0 Å². The molecule has 1 rings (SSSR count). The quantitative estimate of drug-likeness (QED) is 0.637. The zero-order valence-electron chi connectivity index (χ0n) is 10.6. The van der Waals surface area contributed by atoms with Crippen LogP contribution in [0, 0.1) is 6.92 Å². The van der Waals surface area contributed by atoms with Crippen molar-refractivity contribution in [2.45, 2.75) is 38.0 Å². The molecule has 0 spiro atoms. The molecular formula is C13H18O4S. The molecule has 0 bridgehead atoms. The second-order valence-electron chi connectivity index (χ2n) is 3.96. The maximum atomic E-state index is 11.2. The Morgan fingerprint density at radius 3 is 2.78 bits per heavy atom. The normalized spacial score (nSPS) is 12.2. The van der Waals surface area contributed by atoms with Gasteiger partial charge in [-0.2, -0.15) is 0 Å². The number of esters is 1. The first kappa shape index (κ1) is 14.9. The molecule has 1 unspecified atom stereocenters. The van der Waals surface area contributed by atoms with Crippen LogP contribution >= 0.6 is 0 Å². The monoisotopic (exact) mass is 270 g/mol. The molecule has 0 saturated carbocycles. The summed E-state index contributed by atoms with van der Waals surface area (Å²) in [7, 11) is 0. The van der Waals surface area contributed by atoms with E-state index in [-0.39, 0.29) is 5.97 Å². The fourth-order valence-corrected chi connectivity index (χ4v) is 2.47. The highest BCUT2D eigenvalue weighted by Crippen LogP contribution is 2.19. The van der Waals surface area contributed by atoms with Gasteiger partial charge in [-0.1, -0.05) is 12.1 Å². The van der Waals surface area contributed by atoms with E-state index in [0.29, 0.717) is 30.8 Å². The van der Waals surface area contributed by atoms with Gasteiger partial charge in [0, 0.05) is 6.42 Å². The van der Waals surface area contributed by atoms with Crippen LogP contribution in [0.2, 0.25) is 0 Å². The van der Waals surface area contributed by atoms with Gasteiger partial charge in [0.15, 0.2) is 11.1 Å². The van der Waals surface area contributed by atoms with Crippen molar-refractivity contribution in [3.63, 3.8) is 0 Å². The number of carbonyl (C=O) groups excluding carboxylic acids is 1. The molecule has 1 N–H and O–H groups in total. The predicted molar refractivity (Wildman–Crippen MR) is 69.8 cm³/mol. The average molecular weight is 270 g/mol. The van der Waals surface area contributed by atoms with Gasteiger partial charge in [0.1, 0.15) is 0 Å². The van der Waals surface area contributed by atoms with Gasteiger partial charge < -0.3 is 9.29 Å². The third-order valence-electron chi connectivity index (χ3n) is 2.67. The van der Waals surface area contributed by atoms with Gasteiger partial charge in [-0.15, -0.1) is 0 Å². The summed E-state index contributed by atoms with van der Waals surface area (Å²) in [5, 5.41) is 0. The van der Waals surface area contributed by atoms with E-state index in [1.165, 1.54) is 0 Å².